The predicted octanol–water partition coefficient (Wildman–Crippen LogP) is 2.92. The van der Waals surface area contributed by atoms with Crippen molar-refractivity contribution in [3.8, 4) is 0 Å². The molecule has 2 fully saturated rings. The summed E-state index contributed by atoms with van der Waals surface area (Å²) in [7, 11) is 0. The van der Waals surface area contributed by atoms with Crippen molar-refractivity contribution in [2.75, 3.05) is 6.54 Å². The van der Waals surface area contributed by atoms with E-state index in [-0.39, 0.29) is 35.8 Å². The first-order chi connectivity index (χ1) is 17.0. The lowest BCUT2D eigenvalue weighted by atomic mass is 9.98. The molecule has 186 valence electrons. The van der Waals surface area contributed by atoms with E-state index in [9.17, 15) is 14.4 Å². The summed E-state index contributed by atoms with van der Waals surface area (Å²) in [6.07, 6.45) is 3.73. The molecule has 2 saturated heterocycles. The first kappa shape index (κ1) is 24.9. The third-order valence-corrected chi connectivity index (χ3v) is 7.16. The Kier molecular flexibility index (Phi) is 8.18. The van der Waals surface area contributed by atoms with E-state index in [2.05, 4.69) is 16.0 Å². The minimum atomic E-state index is -0.596. The zero-order chi connectivity index (χ0) is 24.8. The zero-order valence-corrected chi connectivity index (χ0v) is 20.6. The van der Waals surface area contributed by atoms with Crippen LogP contribution in [0.5, 0.6) is 0 Å². The van der Waals surface area contributed by atoms with Gasteiger partial charge < -0.3 is 20.9 Å². The first-order valence-electron chi connectivity index (χ1n) is 12.8. The van der Waals surface area contributed by atoms with E-state index in [1.165, 1.54) is 0 Å². The highest BCUT2D eigenvalue weighted by atomic mass is 16.2. The van der Waals surface area contributed by atoms with E-state index in [1.807, 2.05) is 67.6 Å². The maximum Gasteiger partial charge on any atom is 0.246 e. The van der Waals surface area contributed by atoms with Gasteiger partial charge in [0.05, 0.1) is 12.1 Å². The molecule has 35 heavy (non-hydrogen) atoms. The summed E-state index contributed by atoms with van der Waals surface area (Å²) < 4.78 is 0. The summed E-state index contributed by atoms with van der Waals surface area (Å²) in [5.41, 5.74) is 1.98. The maximum absolute atomic E-state index is 13.6. The van der Waals surface area contributed by atoms with Crippen molar-refractivity contribution in [3.63, 3.8) is 0 Å². The molecular formula is C28H36N4O3. The van der Waals surface area contributed by atoms with E-state index >= 15 is 0 Å². The monoisotopic (exact) mass is 476 g/mol. The van der Waals surface area contributed by atoms with Gasteiger partial charge in [0.1, 0.15) is 12.1 Å². The van der Waals surface area contributed by atoms with Gasteiger partial charge in [0, 0.05) is 6.04 Å². The van der Waals surface area contributed by atoms with Crippen LogP contribution < -0.4 is 16.0 Å². The quantitative estimate of drug-likeness (QED) is 0.547. The predicted molar refractivity (Wildman–Crippen MR) is 135 cm³/mol. The fourth-order valence-corrected chi connectivity index (χ4v) is 5.34. The molecule has 0 spiro atoms. The Labute approximate surface area is 207 Å². The van der Waals surface area contributed by atoms with Crippen LogP contribution in [-0.2, 0) is 14.4 Å². The Morgan fingerprint density at radius 3 is 2.17 bits per heavy atom. The second-order valence-corrected chi connectivity index (χ2v) is 9.53. The van der Waals surface area contributed by atoms with Crippen LogP contribution in [0.25, 0.3) is 0 Å². The fraction of sp³-hybridized carbons (Fsp3) is 0.464. The Morgan fingerprint density at radius 1 is 0.943 bits per heavy atom. The van der Waals surface area contributed by atoms with Gasteiger partial charge in [-0.1, -0.05) is 67.6 Å². The average molecular weight is 477 g/mol. The molecule has 3 amide bonds. The van der Waals surface area contributed by atoms with Crippen LogP contribution in [0.3, 0.4) is 0 Å². The van der Waals surface area contributed by atoms with Crippen LogP contribution in [0.2, 0.25) is 0 Å². The van der Waals surface area contributed by atoms with Gasteiger partial charge in [-0.05, 0) is 56.7 Å². The van der Waals surface area contributed by atoms with Crippen LogP contribution in [0.1, 0.15) is 63.1 Å². The third kappa shape index (κ3) is 5.73. The third-order valence-electron chi connectivity index (χ3n) is 7.16. The Balaban J connectivity index is 1.52. The number of carbonyl (C=O) groups is 3. The Hall–Kier alpha value is -3.19. The normalized spacial score (nSPS) is 22.9. The molecule has 0 radical (unpaired) electrons. The largest absolute Gasteiger partial charge is 0.343 e. The molecule has 4 atom stereocenters. The molecule has 7 heteroatoms. The number of rotatable bonds is 8. The van der Waals surface area contributed by atoms with Crippen molar-refractivity contribution < 1.29 is 14.4 Å². The van der Waals surface area contributed by atoms with E-state index in [0.29, 0.717) is 19.4 Å². The minimum absolute atomic E-state index is 0.0400. The van der Waals surface area contributed by atoms with E-state index in [0.717, 1.165) is 30.4 Å². The number of amides is 3. The van der Waals surface area contributed by atoms with Crippen molar-refractivity contribution in [2.45, 2.75) is 76.2 Å². The number of hydrogen-bond donors (Lipinski definition) is 3. The van der Waals surface area contributed by atoms with Gasteiger partial charge in [-0.3, -0.25) is 14.4 Å². The maximum atomic E-state index is 13.6. The number of fused-ring (bicyclic) bond motifs is 1. The topological polar surface area (TPSA) is 90.5 Å². The Bertz CT molecular complexity index is 974. The number of nitrogens with one attached hydrogen (secondary N) is 3. The van der Waals surface area contributed by atoms with Crippen molar-refractivity contribution >= 4 is 17.7 Å². The molecule has 2 heterocycles. The molecule has 0 unspecified atom stereocenters. The van der Waals surface area contributed by atoms with E-state index < -0.39 is 12.1 Å². The molecule has 3 N–H and O–H groups in total. The van der Waals surface area contributed by atoms with Gasteiger partial charge in [-0.25, -0.2) is 0 Å². The zero-order valence-electron chi connectivity index (χ0n) is 20.6. The summed E-state index contributed by atoms with van der Waals surface area (Å²) in [6, 6.07) is 18.0. The molecule has 2 aromatic rings. The summed E-state index contributed by atoms with van der Waals surface area (Å²) in [5, 5.41) is 9.25. The number of hydrogen-bond acceptors (Lipinski definition) is 4. The molecule has 7 nitrogen and oxygen atoms in total. The molecule has 2 aromatic carbocycles. The number of likely N-dealkylation sites (N-methyl/N-ethyl adjacent to an activating group) is 1. The van der Waals surface area contributed by atoms with Crippen molar-refractivity contribution in [3.05, 3.63) is 71.8 Å². The van der Waals surface area contributed by atoms with Gasteiger partial charge in [0.15, 0.2) is 0 Å². The molecule has 2 aliphatic heterocycles. The van der Waals surface area contributed by atoms with Crippen molar-refractivity contribution in [1.82, 2.24) is 20.9 Å². The van der Waals surface area contributed by atoms with Crippen LogP contribution in [-0.4, -0.2) is 53.3 Å². The second-order valence-electron chi connectivity index (χ2n) is 9.53. The number of benzene rings is 2. The number of nitrogens with zero attached hydrogens (tertiary/aromatic N) is 1. The molecule has 2 aliphatic rings. The summed E-state index contributed by atoms with van der Waals surface area (Å²) >= 11 is 0. The summed E-state index contributed by atoms with van der Waals surface area (Å²) in [4.78, 5) is 41.6. The van der Waals surface area contributed by atoms with E-state index in [1.54, 1.807) is 11.8 Å². The molecule has 0 bridgehead atoms. The smallest absolute Gasteiger partial charge is 0.246 e. The highest BCUT2D eigenvalue weighted by Gasteiger charge is 2.45. The van der Waals surface area contributed by atoms with Gasteiger partial charge in [0.25, 0.3) is 0 Å². The molecule has 0 aromatic heterocycles. The average Bonchev–Trinajstić information content (AvgIpc) is 3.24. The lowest BCUT2D eigenvalue weighted by Crippen LogP contribution is -2.56. The van der Waals surface area contributed by atoms with Gasteiger partial charge >= 0.3 is 0 Å². The summed E-state index contributed by atoms with van der Waals surface area (Å²) in [5.74, 6) is -0.471. The molecular weight excluding hydrogens is 440 g/mol. The van der Waals surface area contributed by atoms with Gasteiger partial charge in [-0.2, -0.15) is 0 Å². The summed E-state index contributed by atoms with van der Waals surface area (Å²) in [6.45, 7) is 4.41. The molecule has 4 rings (SSSR count). The highest BCUT2D eigenvalue weighted by Crippen LogP contribution is 2.33. The van der Waals surface area contributed by atoms with Crippen LogP contribution in [0, 0.1) is 0 Å². The molecule has 0 saturated carbocycles. The van der Waals surface area contributed by atoms with E-state index in [4.69, 9.17) is 0 Å². The Morgan fingerprint density at radius 2 is 1.57 bits per heavy atom. The van der Waals surface area contributed by atoms with Crippen LogP contribution in [0.15, 0.2) is 60.7 Å². The number of carbonyl (C=O) groups excluding carboxylic acids is 3. The van der Waals surface area contributed by atoms with Crippen LogP contribution >= 0.6 is 0 Å². The standard InChI is InChI=1S/C28H36N4O3/c1-3-29-19(2)26(33)30-23-16-10-15-22-17-18-24(32(22)28(23)35)27(34)31-25(20-11-6-4-7-12-20)21-13-8-5-9-14-21/h4-9,11-14,19,22-25,29H,3,10,15-18H2,1-2H3,(H,30,33)(H,31,34)/t19-,22-,23-,24-/m0/s1. The van der Waals surface area contributed by atoms with Crippen molar-refractivity contribution in [2.24, 2.45) is 0 Å². The SMILES string of the molecule is CCN[C@@H](C)C(=O)N[C@H]1CCC[C@H]2CC[C@@H](C(=O)NC(c3ccccc3)c3ccccc3)N2C1=O. The van der Waals surface area contributed by atoms with Gasteiger partial charge in [-0.15, -0.1) is 0 Å². The highest BCUT2D eigenvalue weighted by molar-refractivity contribution is 5.94. The van der Waals surface area contributed by atoms with Crippen molar-refractivity contribution in [1.29, 1.82) is 0 Å². The second kappa shape index (κ2) is 11.5. The lowest BCUT2D eigenvalue weighted by molar-refractivity contribution is -0.143. The first-order valence-corrected chi connectivity index (χ1v) is 12.8. The van der Waals surface area contributed by atoms with Crippen LogP contribution in [0.4, 0.5) is 0 Å². The molecule has 0 aliphatic carbocycles. The fourth-order valence-electron chi connectivity index (χ4n) is 5.34. The van der Waals surface area contributed by atoms with Gasteiger partial charge in [0.2, 0.25) is 17.7 Å². The lowest BCUT2D eigenvalue weighted by Gasteiger charge is -2.32. The minimum Gasteiger partial charge on any atom is -0.343 e.